The highest BCUT2D eigenvalue weighted by molar-refractivity contribution is 7.98. The normalized spacial score (nSPS) is 21.0. The van der Waals surface area contributed by atoms with E-state index in [4.69, 9.17) is 9.84 Å². The lowest BCUT2D eigenvalue weighted by Gasteiger charge is -2.37. The van der Waals surface area contributed by atoms with Crippen LogP contribution in [0.3, 0.4) is 0 Å². The van der Waals surface area contributed by atoms with Crippen molar-refractivity contribution in [1.29, 1.82) is 0 Å². The Morgan fingerprint density at radius 2 is 2.26 bits per heavy atom. The number of carbonyl (C=O) groups is 2. The van der Waals surface area contributed by atoms with Crippen LogP contribution < -0.4 is 0 Å². The third-order valence-corrected chi connectivity index (χ3v) is 4.01. The Balaban J connectivity index is 2.65. The molecule has 6 nitrogen and oxygen atoms in total. The lowest BCUT2D eigenvalue weighted by Crippen LogP contribution is -2.57. The first-order valence-corrected chi connectivity index (χ1v) is 7.71. The Morgan fingerprint density at radius 1 is 1.58 bits per heavy atom. The van der Waals surface area contributed by atoms with Crippen LogP contribution in [0.15, 0.2) is 0 Å². The topological polar surface area (TPSA) is 70.1 Å². The van der Waals surface area contributed by atoms with Crippen molar-refractivity contribution in [2.24, 2.45) is 0 Å². The van der Waals surface area contributed by atoms with Gasteiger partial charge in [0, 0.05) is 19.6 Å². The molecule has 0 aromatic rings. The van der Waals surface area contributed by atoms with Gasteiger partial charge in [-0.05, 0) is 25.4 Å². The molecule has 19 heavy (non-hydrogen) atoms. The largest absolute Gasteiger partial charge is 0.480 e. The fourth-order valence-electron chi connectivity index (χ4n) is 1.91. The van der Waals surface area contributed by atoms with E-state index in [2.05, 4.69) is 0 Å². The summed E-state index contributed by atoms with van der Waals surface area (Å²) in [5, 5.41) is 9.12. The molecular formula is C12H22N2O4S. The van der Waals surface area contributed by atoms with E-state index in [9.17, 15) is 9.59 Å². The number of carboxylic acids is 1. The minimum atomic E-state index is -1.02. The Morgan fingerprint density at radius 3 is 2.84 bits per heavy atom. The van der Waals surface area contributed by atoms with E-state index in [0.717, 1.165) is 12.2 Å². The van der Waals surface area contributed by atoms with Gasteiger partial charge in [0.05, 0.1) is 13.2 Å². The van der Waals surface area contributed by atoms with E-state index in [1.54, 1.807) is 23.7 Å². The number of thioether (sulfide) groups is 1. The Kier molecular flexibility index (Phi) is 6.44. The maximum atomic E-state index is 12.3. The minimum absolute atomic E-state index is 0.0636. The molecule has 1 aliphatic heterocycles. The summed E-state index contributed by atoms with van der Waals surface area (Å²) < 4.78 is 5.13. The number of morpholine rings is 1. The van der Waals surface area contributed by atoms with E-state index in [-0.39, 0.29) is 18.7 Å². The maximum absolute atomic E-state index is 12.3. The molecule has 0 bridgehead atoms. The lowest BCUT2D eigenvalue weighted by molar-refractivity contribution is -0.147. The zero-order valence-electron chi connectivity index (χ0n) is 11.7. The zero-order chi connectivity index (χ0) is 14.4. The molecule has 0 spiro atoms. The first-order valence-electron chi connectivity index (χ1n) is 6.32. The number of aliphatic carboxylic acids is 1. The standard InChI is InChI=1S/C12H22N2O4S/c1-9(4-7-19-3)13(2)12(17)14-5-6-18-8-10(14)11(15)16/h9-10H,4-8H2,1-3H3,(H,15,16). The fraction of sp³-hybridized carbons (Fsp3) is 0.833. The highest BCUT2D eigenvalue weighted by Gasteiger charge is 2.35. The van der Waals surface area contributed by atoms with Crippen LogP contribution in [-0.4, -0.2) is 77.8 Å². The predicted molar refractivity (Wildman–Crippen MR) is 74.6 cm³/mol. The van der Waals surface area contributed by atoms with Crippen molar-refractivity contribution in [3.05, 3.63) is 0 Å². The summed E-state index contributed by atoms with van der Waals surface area (Å²) >= 11 is 1.73. The van der Waals surface area contributed by atoms with Gasteiger partial charge in [0.15, 0.2) is 6.04 Å². The van der Waals surface area contributed by atoms with Crippen LogP contribution in [0.5, 0.6) is 0 Å². The number of ether oxygens (including phenoxy) is 1. The molecule has 0 saturated carbocycles. The molecule has 0 aromatic heterocycles. The van der Waals surface area contributed by atoms with E-state index in [1.165, 1.54) is 4.90 Å². The van der Waals surface area contributed by atoms with Crippen LogP contribution in [0.25, 0.3) is 0 Å². The predicted octanol–water partition coefficient (Wildman–Crippen LogP) is 0.965. The summed E-state index contributed by atoms with van der Waals surface area (Å²) in [4.78, 5) is 26.5. The Hall–Kier alpha value is -0.950. The van der Waals surface area contributed by atoms with Crippen LogP contribution in [0.2, 0.25) is 0 Å². The van der Waals surface area contributed by atoms with Crippen LogP contribution in [0.4, 0.5) is 4.79 Å². The highest BCUT2D eigenvalue weighted by atomic mass is 32.2. The number of urea groups is 1. The van der Waals surface area contributed by atoms with Gasteiger partial charge in [-0.15, -0.1) is 0 Å². The molecule has 1 aliphatic rings. The first kappa shape index (κ1) is 16.1. The number of hydrogen-bond donors (Lipinski definition) is 1. The van der Waals surface area contributed by atoms with Gasteiger partial charge in [-0.1, -0.05) is 0 Å². The molecule has 2 unspecified atom stereocenters. The van der Waals surface area contributed by atoms with Crippen molar-refractivity contribution in [2.75, 3.05) is 38.8 Å². The number of hydrogen-bond acceptors (Lipinski definition) is 4. The van der Waals surface area contributed by atoms with E-state index < -0.39 is 12.0 Å². The van der Waals surface area contributed by atoms with Crippen molar-refractivity contribution in [1.82, 2.24) is 9.80 Å². The second-order valence-corrected chi connectivity index (χ2v) is 5.63. The molecule has 0 radical (unpaired) electrons. The minimum Gasteiger partial charge on any atom is -0.480 e. The molecule has 0 aliphatic carbocycles. The lowest BCUT2D eigenvalue weighted by atomic mass is 10.2. The summed E-state index contributed by atoms with van der Waals surface area (Å²) in [6, 6.07) is -1.02. The van der Waals surface area contributed by atoms with Crippen LogP contribution in [-0.2, 0) is 9.53 Å². The molecule has 2 amide bonds. The van der Waals surface area contributed by atoms with Gasteiger partial charge in [0.25, 0.3) is 0 Å². The number of carbonyl (C=O) groups excluding carboxylic acids is 1. The number of amides is 2. The third kappa shape index (κ3) is 4.28. The molecule has 7 heteroatoms. The van der Waals surface area contributed by atoms with Gasteiger partial charge in [0.1, 0.15) is 0 Å². The molecule has 1 rings (SSSR count). The molecule has 2 atom stereocenters. The number of carboxylic acid groups (broad SMARTS) is 1. The van der Waals surface area contributed by atoms with Gasteiger partial charge in [-0.3, -0.25) is 0 Å². The van der Waals surface area contributed by atoms with Crippen molar-refractivity contribution < 1.29 is 19.4 Å². The second-order valence-electron chi connectivity index (χ2n) is 4.65. The second kappa shape index (κ2) is 7.59. The summed E-state index contributed by atoms with van der Waals surface area (Å²) in [5.41, 5.74) is 0. The fourth-order valence-corrected chi connectivity index (χ4v) is 2.49. The van der Waals surface area contributed by atoms with Gasteiger partial charge in [-0.25, -0.2) is 9.59 Å². The molecule has 110 valence electrons. The average molecular weight is 290 g/mol. The Bertz CT molecular complexity index is 327. The molecular weight excluding hydrogens is 268 g/mol. The van der Waals surface area contributed by atoms with E-state index in [0.29, 0.717) is 13.2 Å². The number of rotatable bonds is 5. The molecule has 1 saturated heterocycles. The quantitative estimate of drug-likeness (QED) is 0.817. The van der Waals surface area contributed by atoms with Crippen LogP contribution in [0, 0.1) is 0 Å². The third-order valence-electron chi connectivity index (χ3n) is 3.36. The molecule has 0 aromatic carbocycles. The van der Waals surface area contributed by atoms with Gasteiger partial charge >= 0.3 is 12.0 Å². The first-order chi connectivity index (χ1) is 8.99. The molecule has 1 heterocycles. The van der Waals surface area contributed by atoms with Crippen molar-refractivity contribution in [3.63, 3.8) is 0 Å². The Labute approximate surface area is 118 Å². The summed E-state index contributed by atoms with van der Waals surface area (Å²) in [7, 11) is 1.72. The van der Waals surface area contributed by atoms with E-state index in [1.807, 2.05) is 13.2 Å². The zero-order valence-corrected chi connectivity index (χ0v) is 12.5. The van der Waals surface area contributed by atoms with Crippen LogP contribution >= 0.6 is 11.8 Å². The van der Waals surface area contributed by atoms with Crippen molar-refractivity contribution >= 4 is 23.8 Å². The van der Waals surface area contributed by atoms with Crippen molar-refractivity contribution in [3.8, 4) is 0 Å². The highest BCUT2D eigenvalue weighted by Crippen LogP contribution is 2.14. The number of nitrogens with zero attached hydrogens (tertiary/aromatic N) is 2. The summed E-state index contributed by atoms with van der Waals surface area (Å²) in [6.07, 6.45) is 2.92. The van der Waals surface area contributed by atoms with E-state index >= 15 is 0 Å². The molecule has 1 N–H and O–H groups in total. The molecule has 1 fully saturated rings. The SMILES string of the molecule is CSCCC(C)N(C)C(=O)N1CCOCC1C(=O)O. The van der Waals surface area contributed by atoms with Gasteiger partial charge < -0.3 is 19.6 Å². The summed E-state index contributed by atoms with van der Waals surface area (Å²) in [6.45, 7) is 2.76. The monoisotopic (exact) mass is 290 g/mol. The summed E-state index contributed by atoms with van der Waals surface area (Å²) in [5.74, 6) is -0.0391. The average Bonchev–Trinajstić information content (AvgIpc) is 2.42. The van der Waals surface area contributed by atoms with Crippen molar-refractivity contribution in [2.45, 2.75) is 25.4 Å². The van der Waals surface area contributed by atoms with Gasteiger partial charge in [-0.2, -0.15) is 11.8 Å². The smallest absolute Gasteiger partial charge is 0.328 e. The van der Waals surface area contributed by atoms with Gasteiger partial charge in [0.2, 0.25) is 0 Å². The van der Waals surface area contributed by atoms with Crippen LogP contribution in [0.1, 0.15) is 13.3 Å². The maximum Gasteiger partial charge on any atom is 0.328 e.